The fourth-order valence-electron chi connectivity index (χ4n) is 2.78. The molecule has 3 rings (SSSR count). The van der Waals surface area contributed by atoms with E-state index in [0.717, 1.165) is 24.0 Å². The molecular weight excluding hydrogens is 336 g/mol. The molecule has 0 amide bonds. The summed E-state index contributed by atoms with van der Waals surface area (Å²) >= 11 is 0. The summed E-state index contributed by atoms with van der Waals surface area (Å²) in [6, 6.07) is 25.1. The largest absolute Gasteiger partial charge is 0.380 e. The van der Waals surface area contributed by atoms with E-state index < -0.39 is 5.97 Å². The lowest BCUT2D eigenvalue weighted by Crippen LogP contribution is -2.15. The summed E-state index contributed by atoms with van der Waals surface area (Å²) in [5.74, 6) is -0.334. The van der Waals surface area contributed by atoms with Crippen LogP contribution in [0, 0.1) is 6.92 Å². The van der Waals surface area contributed by atoms with Gasteiger partial charge in [-0.05, 0) is 37.0 Å². The number of carbonyl (C=O) groups is 1. The Morgan fingerprint density at radius 1 is 0.889 bits per heavy atom. The van der Waals surface area contributed by atoms with E-state index in [4.69, 9.17) is 10.6 Å². The van der Waals surface area contributed by atoms with Crippen molar-refractivity contribution in [2.24, 2.45) is 10.9 Å². The number of amidine groups is 1. The van der Waals surface area contributed by atoms with Gasteiger partial charge >= 0.3 is 5.97 Å². The van der Waals surface area contributed by atoms with Crippen molar-refractivity contribution in [1.82, 2.24) is 0 Å². The Labute approximate surface area is 159 Å². The summed E-state index contributed by atoms with van der Waals surface area (Å²) in [5, 5.41) is 3.80. The molecule has 0 fully saturated rings. The number of benzene rings is 3. The van der Waals surface area contributed by atoms with Crippen LogP contribution in [-0.2, 0) is 17.7 Å². The van der Waals surface area contributed by atoms with Crippen molar-refractivity contribution in [3.05, 3.63) is 107 Å². The average Bonchev–Trinajstić information content (AvgIpc) is 2.71. The maximum Gasteiger partial charge on any atom is 0.366 e. The van der Waals surface area contributed by atoms with E-state index in [0.29, 0.717) is 11.1 Å². The van der Waals surface area contributed by atoms with Gasteiger partial charge in [0.05, 0.1) is 5.56 Å². The first kappa shape index (κ1) is 18.4. The Hall–Kier alpha value is -3.40. The van der Waals surface area contributed by atoms with E-state index in [1.54, 1.807) is 6.07 Å². The van der Waals surface area contributed by atoms with Crippen LogP contribution >= 0.6 is 0 Å². The Morgan fingerprint density at radius 2 is 1.56 bits per heavy atom. The molecule has 0 aliphatic rings. The van der Waals surface area contributed by atoms with Gasteiger partial charge < -0.3 is 10.6 Å². The monoisotopic (exact) mass is 358 g/mol. The van der Waals surface area contributed by atoms with Crippen LogP contribution < -0.4 is 5.73 Å². The normalized spacial score (nSPS) is 11.2. The molecule has 0 radical (unpaired) electrons. The van der Waals surface area contributed by atoms with Crippen molar-refractivity contribution in [2.45, 2.75) is 19.8 Å². The SMILES string of the molecule is Cc1ccc(C(N)=NOC(=O)c2ccccc2CCc2ccccc2)cc1. The quantitative estimate of drug-likeness (QED) is 0.310. The molecule has 136 valence electrons. The lowest BCUT2D eigenvalue weighted by molar-refractivity contribution is 0.0514. The Kier molecular flexibility index (Phi) is 6.00. The van der Waals surface area contributed by atoms with E-state index in [2.05, 4.69) is 17.3 Å². The van der Waals surface area contributed by atoms with Crippen LogP contribution in [0.3, 0.4) is 0 Å². The highest BCUT2D eigenvalue weighted by Gasteiger charge is 2.13. The van der Waals surface area contributed by atoms with Gasteiger partial charge in [0, 0.05) is 5.56 Å². The number of oxime groups is 1. The van der Waals surface area contributed by atoms with Gasteiger partial charge in [0.1, 0.15) is 0 Å². The van der Waals surface area contributed by atoms with Gasteiger partial charge in [-0.1, -0.05) is 83.5 Å². The molecule has 0 aromatic heterocycles. The third-order valence-electron chi connectivity index (χ3n) is 4.34. The smallest absolute Gasteiger partial charge is 0.366 e. The fraction of sp³-hybridized carbons (Fsp3) is 0.130. The predicted octanol–water partition coefficient (Wildman–Crippen LogP) is 4.26. The van der Waals surface area contributed by atoms with Crippen LogP contribution in [0.1, 0.15) is 32.6 Å². The van der Waals surface area contributed by atoms with Crippen molar-refractivity contribution >= 4 is 11.8 Å². The van der Waals surface area contributed by atoms with E-state index in [1.807, 2.05) is 67.6 Å². The molecule has 2 N–H and O–H groups in total. The van der Waals surface area contributed by atoms with Gasteiger partial charge in [-0.25, -0.2) is 4.79 Å². The van der Waals surface area contributed by atoms with Crippen molar-refractivity contribution in [1.29, 1.82) is 0 Å². The molecule has 0 bridgehead atoms. The minimum atomic E-state index is -0.506. The first-order valence-corrected chi connectivity index (χ1v) is 8.87. The summed E-state index contributed by atoms with van der Waals surface area (Å²) in [4.78, 5) is 17.6. The van der Waals surface area contributed by atoms with Crippen LogP contribution in [-0.4, -0.2) is 11.8 Å². The van der Waals surface area contributed by atoms with Crippen LogP contribution in [0.4, 0.5) is 0 Å². The van der Waals surface area contributed by atoms with Gasteiger partial charge in [-0.3, -0.25) is 0 Å². The molecule has 0 saturated carbocycles. The van der Waals surface area contributed by atoms with E-state index >= 15 is 0 Å². The zero-order valence-corrected chi connectivity index (χ0v) is 15.3. The third kappa shape index (κ3) is 5.05. The van der Waals surface area contributed by atoms with E-state index in [1.165, 1.54) is 5.56 Å². The standard InChI is InChI=1S/C23H22N2O2/c1-17-11-14-20(15-12-17)22(24)25-27-23(26)21-10-6-5-9-19(21)16-13-18-7-3-2-4-8-18/h2-12,14-15H,13,16H2,1H3,(H2,24,25). The molecular formula is C23H22N2O2. The molecule has 0 spiro atoms. The summed E-state index contributed by atoms with van der Waals surface area (Å²) in [7, 11) is 0. The number of nitrogens with two attached hydrogens (primary N) is 1. The van der Waals surface area contributed by atoms with Crippen molar-refractivity contribution < 1.29 is 9.63 Å². The molecule has 0 aliphatic heterocycles. The van der Waals surface area contributed by atoms with Gasteiger partial charge in [0.25, 0.3) is 0 Å². The lowest BCUT2D eigenvalue weighted by atomic mass is 10.00. The van der Waals surface area contributed by atoms with E-state index in [9.17, 15) is 4.79 Å². The number of hydrogen-bond donors (Lipinski definition) is 1. The molecule has 3 aromatic rings. The summed E-state index contributed by atoms with van der Waals surface area (Å²) in [5.41, 5.74) is 10.4. The van der Waals surface area contributed by atoms with E-state index in [-0.39, 0.29) is 5.84 Å². The molecule has 4 heteroatoms. The van der Waals surface area contributed by atoms with Crippen LogP contribution in [0.2, 0.25) is 0 Å². The second-order valence-corrected chi connectivity index (χ2v) is 6.36. The molecule has 27 heavy (non-hydrogen) atoms. The second kappa shape index (κ2) is 8.81. The minimum absolute atomic E-state index is 0.171. The summed E-state index contributed by atoms with van der Waals surface area (Å²) in [6.07, 6.45) is 1.59. The Bertz CT molecular complexity index is 932. The Morgan fingerprint density at radius 3 is 2.30 bits per heavy atom. The first-order chi connectivity index (χ1) is 13.1. The number of carbonyl (C=O) groups excluding carboxylic acids is 1. The van der Waals surface area contributed by atoms with Gasteiger partial charge in [0.2, 0.25) is 0 Å². The maximum absolute atomic E-state index is 12.5. The highest BCUT2D eigenvalue weighted by atomic mass is 16.7. The topological polar surface area (TPSA) is 64.7 Å². The highest BCUT2D eigenvalue weighted by molar-refractivity contribution is 5.98. The number of rotatable bonds is 6. The number of nitrogens with zero attached hydrogens (tertiary/aromatic N) is 1. The molecule has 4 nitrogen and oxygen atoms in total. The van der Waals surface area contributed by atoms with Gasteiger partial charge in [-0.2, -0.15) is 0 Å². The Balaban J connectivity index is 1.69. The average molecular weight is 358 g/mol. The van der Waals surface area contributed by atoms with Crippen LogP contribution in [0.5, 0.6) is 0 Å². The number of hydrogen-bond acceptors (Lipinski definition) is 3. The van der Waals surface area contributed by atoms with Crippen molar-refractivity contribution in [2.75, 3.05) is 0 Å². The fourth-order valence-corrected chi connectivity index (χ4v) is 2.78. The van der Waals surface area contributed by atoms with Crippen LogP contribution in [0.15, 0.2) is 84.0 Å². The highest BCUT2D eigenvalue weighted by Crippen LogP contribution is 2.14. The predicted molar refractivity (Wildman–Crippen MR) is 108 cm³/mol. The number of aryl methyl sites for hydroxylation is 3. The molecule has 0 unspecified atom stereocenters. The molecule has 0 saturated heterocycles. The van der Waals surface area contributed by atoms with Crippen molar-refractivity contribution in [3.8, 4) is 0 Å². The summed E-state index contributed by atoms with van der Waals surface area (Å²) in [6.45, 7) is 1.99. The summed E-state index contributed by atoms with van der Waals surface area (Å²) < 4.78 is 0. The zero-order valence-electron chi connectivity index (χ0n) is 15.3. The second-order valence-electron chi connectivity index (χ2n) is 6.36. The minimum Gasteiger partial charge on any atom is -0.380 e. The van der Waals surface area contributed by atoms with Crippen molar-refractivity contribution in [3.63, 3.8) is 0 Å². The van der Waals surface area contributed by atoms with Gasteiger partial charge in [0.15, 0.2) is 5.84 Å². The van der Waals surface area contributed by atoms with Gasteiger partial charge in [-0.15, -0.1) is 0 Å². The molecule has 0 heterocycles. The van der Waals surface area contributed by atoms with Crippen LogP contribution in [0.25, 0.3) is 0 Å². The maximum atomic E-state index is 12.5. The third-order valence-corrected chi connectivity index (χ3v) is 4.34. The first-order valence-electron chi connectivity index (χ1n) is 8.87. The lowest BCUT2D eigenvalue weighted by Gasteiger charge is -2.08. The molecule has 0 aliphatic carbocycles. The molecule has 0 atom stereocenters. The molecule has 3 aromatic carbocycles. The zero-order chi connectivity index (χ0) is 19.1.